The Hall–Kier alpha value is -0.980. The maximum atomic E-state index is 5.43. The topological polar surface area (TPSA) is 49.0 Å². The molecule has 0 radical (unpaired) electrons. The summed E-state index contributed by atoms with van der Waals surface area (Å²) >= 11 is 0. The highest BCUT2D eigenvalue weighted by atomic mass is 79.9. The SMILES string of the molecule is Br.COCC(C)NCc1ccc(OC)c(OC)c1OC. The normalized spacial score (nSPS) is 11.4. The van der Waals surface area contributed by atoms with Gasteiger partial charge >= 0.3 is 0 Å². The second kappa shape index (κ2) is 9.85. The molecule has 0 heterocycles. The van der Waals surface area contributed by atoms with Gasteiger partial charge in [-0.3, -0.25) is 0 Å². The fraction of sp³-hybridized carbons (Fsp3) is 0.571. The van der Waals surface area contributed by atoms with Crippen molar-refractivity contribution < 1.29 is 18.9 Å². The molecule has 0 aliphatic heterocycles. The predicted octanol–water partition coefficient (Wildman–Crippen LogP) is 2.41. The van der Waals surface area contributed by atoms with Crippen molar-refractivity contribution in [2.24, 2.45) is 0 Å². The fourth-order valence-corrected chi connectivity index (χ4v) is 1.90. The van der Waals surface area contributed by atoms with Gasteiger partial charge in [-0.25, -0.2) is 0 Å². The zero-order valence-corrected chi connectivity index (χ0v) is 14.4. The zero-order valence-electron chi connectivity index (χ0n) is 12.7. The molecule has 0 bridgehead atoms. The van der Waals surface area contributed by atoms with Crippen molar-refractivity contribution in [1.82, 2.24) is 5.32 Å². The molecule has 1 unspecified atom stereocenters. The number of rotatable bonds is 8. The summed E-state index contributed by atoms with van der Waals surface area (Å²) in [5.41, 5.74) is 1.02. The number of methoxy groups -OCH3 is 4. The number of hydrogen-bond donors (Lipinski definition) is 1. The van der Waals surface area contributed by atoms with Crippen LogP contribution in [-0.2, 0) is 11.3 Å². The molecular weight excluding hydrogens is 326 g/mol. The van der Waals surface area contributed by atoms with Crippen molar-refractivity contribution in [1.29, 1.82) is 0 Å². The Kier molecular flexibility index (Phi) is 9.37. The van der Waals surface area contributed by atoms with Gasteiger partial charge in [0.25, 0.3) is 0 Å². The van der Waals surface area contributed by atoms with E-state index in [1.54, 1.807) is 28.4 Å². The molecule has 0 saturated heterocycles. The Balaban J connectivity index is 0.00000361. The minimum Gasteiger partial charge on any atom is -0.493 e. The Bertz CT molecular complexity index is 401. The monoisotopic (exact) mass is 349 g/mol. The molecule has 0 aromatic heterocycles. The van der Waals surface area contributed by atoms with E-state index in [1.807, 2.05) is 12.1 Å². The lowest BCUT2D eigenvalue weighted by molar-refractivity contribution is 0.171. The Labute approximate surface area is 131 Å². The Morgan fingerprint density at radius 1 is 1.00 bits per heavy atom. The summed E-state index contributed by atoms with van der Waals surface area (Å²) in [6.07, 6.45) is 0. The summed E-state index contributed by atoms with van der Waals surface area (Å²) in [4.78, 5) is 0. The minimum atomic E-state index is 0. The maximum absolute atomic E-state index is 5.43. The summed E-state index contributed by atoms with van der Waals surface area (Å²) in [7, 11) is 6.52. The van der Waals surface area contributed by atoms with E-state index in [2.05, 4.69) is 12.2 Å². The van der Waals surface area contributed by atoms with E-state index in [1.165, 1.54) is 0 Å². The van der Waals surface area contributed by atoms with Crippen molar-refractivity contribution >= 4 is 17.0 Å². The van der Waals surface area contributed by atoms with Gasteiger partial charge in [-0.2, -0.15) is 0 Å². The third kappa shape index (κ3) is 4.85. The summed E-state index contributed by atoms with van der Waals surface area (Å²) in [5, 5.41) is 3.36. The first kappa shape index (κ1) is 19.0. The van der Waals surface area contributed by atoms with Crippen LogP contribution >= 0.6 is 17.0 Å². The lowest BCUT2D eigenvalue weighted by atomic mass is 10.1. The highest BCUT2D eigenvalue weighted by molar-refractivity contribution is 8.93. The molecule has 0 amide bonds. The standard InChI is InChI=1S/C14H23NO4.BrH/c1-10(9-16-2)15-8-11-6-7-12(17-3)14(19-5)13(11)18-4;/h6-7,10,15H,8-9H2,1-5H3;1H. The van der Waals surface area contributed by atoms with Crippen LogP contribution < -0.4 is 19.5 Å². The highest BCUT2D eigenvalue weighted by Gasteiger charge is 2.15. The quantitative estimate of drug-likeness (QED) is 0.780. The first-order chi connectivity index (χ1) is 9.17. The van der Waals surface area contributed by atoms with Gasteiger partial charge in [0.2, 0.25) is 5.75 Å². The zero-order chi connectivity index (χ0) is 14.3. The molecule has 0 fully saturated rings. The third-order valence-corrected chi connectivity index (χ3v) is 2.84. The number of nitrogens with one attached hydrogen (secondary N) is 1. The van der Waals surface area contributed by atoms with E-state index < -0.39 is 0 Å². The van der Waals surface area contributed by atoms with Crippen molar-refractivity contribution in [3.8, 4) is 17.2 Å². The Morgan fingerprint density at radius 3 is 2.15 bits per heavy atom. The van der Waals surface area contributed by atoms with E-state index in [4.69, 9.17) is 18.9 Å². The van der Waals surface area contributed by atoms with Crippen LogP contribution in [-0.4, -0.2) is 41.1 Å². The van der Waals surface area contributed by atoms with E-state index in [-0.39, 0.29) is 23.0 Å². The van der Waals surface area contributed by atoms with E-state index >= 15 is 0 Å². The van der Waals surface area contributed by atoms with Crippen LogP contribution in [0.4, 0.5) is 0 Å². The molecule has 116 valence electrons. The van der Waals surface area contributed by atoms with Crippen molar-refractivity contribution in [3.63, 3.8) is 0 Å². The van der Waals surface area contributed by atoms with Gasteiger partial charge in [0, 0.05) is 25.3 Å². The third-order valence-electron chi connectivity index (χ3n) is 2.84. The molecule has 5 nitrogen and oxygen atoms in total. The molecule has 1 rings (SSSR count). The van der Waals surface area contributed by atoms with Crippen LogP contribution in [0.2, 0.25) is 0 Å². The average Bonchev–Trinajstić information content (AvgIpc) is 2.43. The molecular formula is C14H24BrNO4. The van der Waals surface area contributed by atoms with Crippen molar-refractivity contribution in [3.05, 3.63) is 17.7 Å². The lowest BCUT2D eigenvalue weighted by Gasteiger charge is -2.18. The number of benzene rings is 1. The maximum Gasteiger partial charge on any atom is 0.203 e. The van der Waals surface area contributed by atoms with Crippen molar-refractivity contribution in [2.45, 2.75) is 19.5 Å². The van der Waals surface area contributed by atoms with Crippen LogP contribution in [0.1, 0.15) is 12.5 Å². The van der Waals surface area contributed by atoms with E-state index in [0.717, 1.165) is 5.56 Å². The fourth-order valence-electron chi connectivity index (χ4n) is 1.90. The first-order valence-electron chi connectivity index (χ1n) is 6.18. The minimum absolute atomic E-state index is 0. The molecule has 0 aliphatic rings. The molecule has 1 N–H and O–H groups in total. The number of halogens is 1. The summed E-state index contributed by atoms with van der Waals surface area (Å²) in [6, 6.07) is 4.11. The van der Waals surface area contributed by atoms with Crippen LogP contribution in [0.3, 0.4) is 0 Å². The molecule has 0 aliphatic carbocycles. The van der Waals surface area contributed by atoms with Gasteiger partial charge in [-0.05, 0) is 13.0 Å². The van der Waals surface area contributed by atoms with Gasteiger partial charge in [-0.15, -0.1) is 17.0 Å². The van der Waals surface area contributed by atoms with Crippen molar-refractivity contribution in [2.75, 3.05) is 35.0 Å². The van der Waals surface area contributed by atoms with Crippen LogP contribution in [0.15, 0.2) is 12.1 Å². The molecule has 0 spiro atoms. The second-order valence-electron chi connectivity index (χ2n) is 4.23. The smallest absolute Gasteiger partial charge is 0.203 e. The molecule has 20 heavy (non-hydrogen) atoms. The molecule has 0 saturated carbocycles. The van der Waals surface area contributed by atoms with Gasteiger partial charge < -0.3 is 24.3 Å². The Morgan fingerprint density at radius 2 is 1.65 bits per heavy atom. The molecule has 1 aromatic carbocycles. The first-order valence-corrected chi connectivity index (χ1v) is 6.18. The largest absolute Gasteiger partial charge is 0.493 e. The second-order valence-corrected chi connectivity index (χ2v) is 4.23. The highest BCUT2D eigenvalue weighted by Crippen LogP contribution is 2.39. The molecule has 6 heteroatoms. The van der Waals surface area contributed by atoms with Gasteiger partial charge in [0.15, 0.2) is 11.5 Å². The summed E-state index contributed by atoms with van der Waals surface area (Å²) < 4.78 is 21.1. The molecule has 1 aromatic rings. The van der Waals surface area contributed by atoms with Gasteiger partial charge in [0.05, 0.1) is 27.9 Å². The van der Waals surface area contributed by atoms with Gasteiger partial charge in [0.1, 0.15) is 0 Å². The molecule has 1 atom stereocenters. The lowest BCUT2D eigenvalue weighted by Crippen LogP contribution is -2.29. The van der Waals surface area contributed by atoms with E-state index in [9.17, 15) is 0 Å². The summed E-state index contributed by atoms with van der Waals surface area (Å²) in [6.45, 7) is 3.40. The number of ether oxygens (including phenoxy) is 4. The van der Waals surface area contributed by atoms with Crippen LogP contribution in [0.5, 0.6) is 17.2 Å². The van der Waals surface area contributed by atoms with E-state index in [0.29, 0.717) is 30.4 Å². The average molecular weight is 350 g/mol. The van der Waals surface area contributed by atoms with Gasteiger partial charge in [-0.1, -0.05) is 6.07 Å². The predicted molar refractivity (Wildman–Crippen MR) is 84.6 cm³/mol. The number of hydrogen-bond acceptors (Lipinski definition) is 5. The van der Waals surface area contributed by atoms with Crippen LogP contribution in [0.25, 0.3) is 0 Å². The van der Waals surface area contributed by atoms with Crippen LogP contribution in [0, 0.1) is 0 Å². The summed E-state index contributed by atoms with van der Waals surface area (Å²) in [5.74, 6) is 1.97.